The molecule has 0 spiro atoms. The van der Waals surface area contributed by atoms with Crippen LogP contribution >= 0.6 is 0 Å². The minimum absolute atomic E-state index is 0.0326. The smallest absolute Gasteiger partial charge is 0.224 e. The lowest BCUT2D eigenvalue weighted by atomic mass is 9.94. The van der Waals surface area contributed by atoms with Crippen molar-refractivity contribution < 1.29 is 4.79 Å². The molecule has 8 nitrogen and oxygen atoms in total. The SMILES string of the molecule is O=C(CC1CCNCC1)Nc1cncc(-c2ccc3[nH]nc(-c4cc5ccccc5[nH]4)c3n2)c1. The fourth-order valence-electron chi connectivity index (χ4n) is 4.66. The summed E-state index contributed by atoms with van der Waals surface area (Å²) in [5.41, 5.74) is 6.67. The highest BCUT2D eigenvalue weighted by Gasteiger charge is 2.17. The Balaban J connectivity index is 1.27. The highest BCUT2D eigenvalue weighted by Crippen LogP contribution is 2.30. The molecule has 6 rings (SSSR count). The summed E-state index contributed by atoms with van der Waals surface area (Å²) in [6.45, 7) is 1.97. The van der Waals surface area contributed by atoms with Crippen LogP contribution < -0.4 is 10.6 Å². The monoisotopic (exact) mass is 451 g/mol. The van der Waals surface area contributed by atoms with Crippen molar-refractivity contribution in [1.82, 2.24) is 30.5 Å². The molecule has 0 bridgehead atoms. The van der Waals surface area contributed by atoms with Gasteiger partial charge in [-0.25, -0.2) is 4.98 Å². The molecule has 0 radical (unpaired) electrons. The van der Waals surface area contributed by atoms with Gasteiger partial charge in [-0.1, -0.05) is 18.2 Å². The Bertz CT molecular complexity index is 1450. The van der Waals surface area contributed by atoms with Gasteiger partial charge in [-0.2, -0.15) is 5.10 Å². The average Bonchev–Trinajstić information content (AvgIpc) is 3.48. The van der Waals surface area contributed by atoms with Crippen molar-refractivity contribution in [3.05, 3.63) is 60.9 Å². The number of aromatic amines is 2. The van der Waals surface area contributed by atoms with E-state index in [0.29, 0.717) is 18.0 Å². The topological polar surface area (TPSA) is 111 Å². The molecule has 1 fully saturated rings. The Morgan fingerprint density at radius 3 is 2.79 bits per heavy atom. The maximum atomic E-state index is 12.6. The fraction of sp³-hybridized carbons (Fsp3) is 0.231. The van der Waals surface area contributed by atoms with Crippen molar-refractivity contribution in [3.8, 4) is 22.6 Å². The molecule has 1 saturated heterocycles. The van der Waals surface area contributed by atoms with Crippen molar-refractivity contribution in [2.45, 2.75) is 19.3 Å². The van der Waals surface area contributed by atoms with Gasteiger partial charge in [0, 0.05) is 29.1 Å². The molecule has 0 saturated carbocycles. The molecule has 34 heavy (non-hydrogen) atoms. The number of hydrogen-bond acceptors (Lipinski definition) is 5. The summed E-state index contributed by atoms with van der Waals surface area (Å²) < 4.78 is 0. The minimum atomic E-state index is 0.0326. The maximum absolute atomic E-state index is 12.6. The number of para-hydroxylation sites is 1. The number of amides is 1. The van der Waals surface area contributed by atoms with E-state index in [0.717, 1.165) is 70.5 Å². The van der Waals surface area contributed by atoms with Gasteiger partial charge >= 0.3 is 0 Å². The Hall–Kier alpha value is -4.04. The van der Waals surface area contributed by atoms with Gasteiger partial charge in [0.2, 0.25) is 5.91 Å². The van der Waals surface area contributed by atoms with E-state index in [-0.39, 0.29) is 5.91 Å². The molecule has 0 unspecified atom stereocenters. The van der Waals surface area contributed by atoms with E-state index in [2.05, 4.69) is 42.9 Å². The summed E-state index contributed by atoms with van der Waals surface area (Å²) in [7, 11) is 0. The predicted octanol–water partition coefficient (Wildman–Crippen LogP) is 4.50. The molecular weight excluding hydrogens is 426 g/mol. The van der Waals surface area contributed by atoms with Crippen LogP contribution in [0.4, 0.5) is 5.69 Å². The molecule has 0 atom stereocenters. The second-order valence-corrected chi connectivity index (χ2v) is 8.84. The van der Waals surface area contributed by atoms with Crippen LogP contribution in [-0.2, 0) is 4.79 Å². The molecule has 5 heterocycles. The Morgan fingerprint density at radius 1 is 1.03 bits per heavy atom. The van der Waals surface area contributed by atoms with Gasteiger partial charge in [0.15, 0.2) is 0 Å². The van der Waals surface area contributed by atoms with Crippen LogP contribution in [0.3, 0.4) is 0 Å². The first-order chi connectivity index (χ1) is 16.7. The number of H-pyrrole nitrogens is 2. The summed E-state index contributed by atoms with van der Waals surface area (Å²) in [6, 6.07) is 16.1. The number of nitrogens with one attached hydrogen (secondary N) is 4. The second-order valence-electron chi connectivity index (χ2n) is 8.84. The van der Waals surface area contributed by atoms with Gasteiger partial charge in [0.05, 0.1) is 28.8 Å². The number of hydrogen-bond donors (Lipinski definition) is 4. The Labute approximate surface area is 196 Å². The highest BCUT2D eigenvalue weighted by molar-refractivity contribution is 5.95. The maximum Gasteiger partial charge on any atom is 0.224 e. The predicted molar refractivity (Wildman–Crippen MR) is 133 cm³/mol. The number of benzene rings is 1. The summed E-state index contributed by atoms with van der Waals surface area (Å²) >= 11 is 0. The minimum Gasteiger partial charge on any atom is -0.353 e. The average molecular weight is 452 g/mol. The van der Waals surface area contributed by atoms with Crippen LogP contribution in [0, 0.1) is 5.92 Å². The van der Waals surface area contributed by atoms with Gasteiger partial charge in [-0.3, -0.25) is 14.9 Å². The molecule has 1 amide bonds. The largest absolute Gasteiger partial charge is 0.353 e. The summed E-state index contributed by atoms with van der Waals surface area (Å²) in [5.74, 6) is 0.468. The van der Waals surface area contributed by atoms with Crippen molar-refractivity contribution in [2.75, 3.05) is 18.4 Å². The second kappa shape index (κ2) is 8.72. The van der Waals surface area contributed by atoms with Crippen LogP contribution in [0.1, 0.15) is 19.3 Å². The standard InChI is InChI=1S/C26H25N7O/c34-24(11-16-7-9-27-10-8-16)29-19-12-18(14-28-15-19)21-5-6-22-25(31-21)26(33-32-22)23-13-17-3-1-2-4-20(17)30-23/h1-6,12-16,27,30H,7-11H2,(H,29,34)(H,32,33). The van der Waals surface area contributed by atoms with Gasteiger partial charge < -0.3 is 15.6 Å². The van der Waals surface area contributed by atoms with Crippen LogP contribution in [0.2, 0.25) is 0 Å². The number of carbonyl (C=O) groups excluding carboxylic acids is 1. The zero-order valence-corrected chi connectivity index (χ0v) is 18.6. The normalized spacial score (nSPS) is 14.6. The number of carbonyl (C=O) groups is 1. The lowest BCUT2D eigenvalue weighted by Crippen LogP contribution is -2.30. The molecule has 0 aliphatic carbocycles. The first kappa shape index (κ1) is 20.6. The first-order valence-electron chi connectivity index (χ1n) is 11.6. The van der Waals surface area contributed by atoms with E-state index in [1.54, 1.807) is 12.4 Å². The molecule has 170 valence electrons. The van der Waals surface area contributed by atoms with Gasteiger partial charge in [0.1, 0.15) is 11.2 Å². The molecule has 4 aromatic heterocycles. The molecule has 1 aliphatic rings. The van der Waals surface area contributed by atoms with E-state index in [1.165, 1.54) is 0 Å². The highest BCUT2D eigenvalue weighted by atomic mass is 16.1. The molecule has 8 heteroatoms. The molecule has 1 aliphatic heterocycles. The van der Waals surface area contributed by atoms with Gasteiger partial charge in [-0.15, -0.1) is 0 Å². The number of pyridine rings is 2. The summed E-state index contributed by atoms with van der Waals surface area (Å²) in [4.78, 5) is 25.2. The number of nitrogens with zero attached hydrogens (tertiary/aromatic N) is 3. The third kappa shape index (κ3) is 4.04. The Kier molecular flexibility index (Phi) is 5.27. The molecule has 5 aromatic rings. The van der Waals surface area contributed by atoms with Crippen LogP contribution in [-0.4, -0.2) is 44.1 Å². The summed E-state index contributed by atoms with van der Waals surface area (Å²) in [6.07, 6.45) is 6.06. The molecule has 1 aromatic carbocycles. The number of fused-ring (bicyclic) bond motifs is 2. The van der Waals surface area contributed by atoms with Crippen molar-refractivity contribution in [3.63, 3.8) is 0 Å². The molecular formula is C26H25N7O. The first-order valence-corrected chi connectivity index (χ1v) is 11.6. The van der Waals surface area contributed by atoms with Crippen LogP contribution in [0.5, 0.6) is 0 Å². The molecule has 4 N–H and O–H groups in total. The zero-order chi connectivity index (χ0) is 22.9. The fourth-order valence-corrected chi connectivity index (χ4v) is 4.66. The van der Waals surface area contributed by atoms with Crippen LogP contribution in [0.25, 0.3) is 44.6 Å². The summed E-state index contributed by atoms with van der Waals surface area (Å²) in [5, 5.41) is 15.1. The number of piperidine rings is 1. The van der Waals surface area contributed by atoms with E-state index in [9.17, 15) is 4.79 Å². The van der Waals surface area contributed by atoms with E-state index >= 15 is 0 Å². The third-order valence-electron chi connectivity index (χ3n) is 6.44. The van der Waals surface area contributed by atoms with Gasteiger partial charge in [-0.05, 0) is 62.2 Å². The lowest BCUT2D eigenvalue weighted by Gasteiger charge is -2.21. The number of rotatable bonds is 5. The Morgan fingerprint density at radius 2 is 1.91 bits per heavy atom. The zero-order valence-electron chi connectivity index (χ0n) is 18.6. The lowest BCUT2D eigenvalue weighted by molar-refractivity contribution is -0.117. The van der Waals surface area contributed by atoms with Crippen molar-refractivity contribution in [2.24, 2.45) is 5.92 Å². The van der Waals surface area contributed by atoms with E-state index < -0.39 is 0 Å². The number of anilines is 1. The number of aromatic nitrogens is 5. The van der Waals surface area contributed by atoms with Crippen molar-refractivity contribution >= 4 is 33.5 Å². The van der Waals surface area contributed by atoms with Crippen LogP contribution in [0.15, 0.2) is 60.9 Å². The quantitative estimate of drug-likeness (QED) is 0.314. The van der Waals surface area contributed by atoms with E-state index in [1.807, 2.05) is 36.4 Å². The van der Waals surface area contributed by atoms with Gasteiger partial charge in [0.25, 0.3) is 0 Å². The van der Waals surface area contributed by atoms with E-state index in [4.69, 9.17) is 4.98 Å². The third-order valence-corrected chi connectivity index (χ3v) is 6.44. The van der Waals surface area contributed by atoms with Crippen molar-refractivity contribution in [1.29, 1.82) is 0 Å².